The van der Waals surface area contributed by atoms with Crippen molar-refractivity contribution in [3.05, 3.63) is 12.7 Å². The SMILES string of the molecule is C=CCC(Br)(S(=O)(=O)C(F)(F)F)S(=O)(=O)C(F)(F)F. The van der Waals surface area contributed by atoms with Gasteiger partial charge in [0.1, 0.15) is 0 Å². The summed E-state index contributed by atoms with van der Waals surface area (Å²) < 4.78 is 114. The van der Waals surface area contributed by atoms with Crippen LogP contribution in [0.4, 0.5) is 26.3 Å². The van der Waals surface area contributed by atoms with E-state index in [1.54, 1.807) is 15.9 Å². The summed E-state index contributed by atoms with van der Waals surface area (Å²) in [4.78, 5) is 0. The number of allylic oxidation sites excluding steroid dienone is 1. The maximum absolute atomic E-state index is 12.3. The highest BCUT2D eigenvalue weighted by Gasteiger charge is 2.71. The van der Waals surface area contributed by atoms with Crippen LogP contribution in [0.15, 0.2) is 12.7 Å². The van der Waals surface area contributed by atoms with Crippen LogP contribution in [0.5, 0.6) is 0 Å². The molecule has 0 heterocycles. The van der Waals surface area contributed by atoms with Gasteiger partial charge >= 0.3 is 11.0 Å². The highest BCUT2D eigenvalue weighted by molar-refractivity contribution is 9.13. The number of sulfone groups is 2. The summed E-state index contributed by atoms with van der Waals surface area (Å²) in [5.41, 5.74) is -12.4. The van der Waals surface area contributed by atoms with Gasteiger partial charge in [0.25, 0.3) is 19.7 Å². The topological polar surface area (TPSA) is 68.3 Å². The molecular formula is C6H5BrF6O4S2. The molecule has 0 aromatic rings. The van der Waals surface area contributed by atoms with E-state index in [0.29, 0.717) is 6.08 Å². The van der Waals surface area contributed by atoms with Gasteiger partial charge in [0.05, 0.1) is 0 Å². The van der Waals surface area contributed by atoms with Crippen molar-refractivity contribution in [1.82, 2.24) is 0 Å². The van der Waals surface area contributed by atoms with Gasteiger partial charge in [-0.2, -0.15) is 26.3 Å². The van der Waals surface area contributed by atoms with E-state index in [4.69, 9.17) is 0 Å². The average Bonchev–Trinajstić information content (AvgIpc) is 2.13. The average molecular weight is 399 g/mol. The van der Waals surface area contributed by atoms with E-state index in [1.807, 2.05) is 0 Å². The molecule has 13 heteroatoms. The first-order valence-electron chi connectivity index (χ1n) is 3.98. The highest BCUT2D eigenvalue weighted by Crippen LogP contribution is 2.49. The minimum atomic E-state index is -6.70. The lowest BCUT2D eigenvalue weighted by molar-refractivity contribution is -0.0475. The molecule has 0 unspecified atom stereocenters. The second kappa shape index (κ2) is 4.91. The number of rotatable bonds is 4. The molecule has 0 radical (unpaired) electrons. The number of halogens is 7. The van der Waals surface area contributed by atoms with Crippen LogP contribution in [-0.2, 0) is 19.7 Å². The Morgan fingerprint density at radius 3 is 1.32 bits per heavy atom. The Hall–Kier alpha value is -0.300. The van der Waals surface area contributed by atoms with Crippen LogP contribution in [0.2, 0.25) is 0 Å². The first-order valence-corrected chi connectivity index (χ1v) is 7.74. The van der Waals surface area contributed by atoms with Gasteiger partial charge in [-0.15, -0.1) is 6.58 Å². The first kappa shape index (κ1) is 18.7. The molecule has 0 aliphatic rings. The second-order valence-electron chi connectivity index (χ2n) is 3.05. The largest absolute Gasteiger partial charge is 0.499 e. The van der Waals surface area contributed by atoms with Gasteiger partial charge in [0.15, 0.2) is 0 Å². The standard InChI is InChI=1S/C6H5BrF6O4S2/c1-2-3-4(7,18(14,15)5(8,9)10)19(16,17)6(11,12)13/h2H,1,3H2. The fraction of sp³-hybridized carbons (Fsp3) is 0.667. The van der Waals surface area contributed by atoms with E-state index in [2.05, 4.69) is 6.58 Å². The molecule has 4 nitrogen and oxygen atoms in total. The van der Waals surface area contributed by atoms with Gasteiger partial charge < -0.3 is 0 Å². The van der Waals surface area contributed by atoms with Gasteiger partial charge in [-0.25, -0.2) is 16.8 Å². The van der Waals surface area contributed by atoms with Crippen molar-refractivity contribution in [1.29, 1.82) is 0 Å². The predicted octanol–water partition coefficient (Wildman–Crippen LogP) is 2.48. The Bertz CT molecular complexity index is 514. The molecule has 19 heavy (non-hydrogen) atoms. The van der Waals surface area contributed by atoms with Crippen LogP contribution in [0.25, 0.3) is 0 Å². The van der Waals surface area contributed by atoms with Crippen molar-refractivity contribution < 1.29 is 43.2 Å². The monoisotopic (exact) mass is 398 g/mol. The maximum Gasteiger partial charge on any atom is 0.499 e. The maximum atomic E-state index is 12.3. The zero-order valence-corrected chi connectivity index (χ0v) is 11.8. The normalized spacial score (nSPS) is 15.3. The fourth-order valence-corrected chi connectivity index (χ4v) is 5.30. The molecule has 0 atom stereocenters. The van der Waals surface area contributed by atoms with Crippen molar-refractivity contribution >= 4 is 35.6 Å². The Morgan fingerprint density at radius 1 is 0.895 bits per heavy atom. The lowest BCUT2D eigenvalue weighted by Crippen LogP contribution is -2.51. The van der Waals surface area contributed by atoms with Crippen LogP contribution in [0, 0.1) is 0 Å². The van der Waals surface area contributed by atoms with E-state index in [1.165, 1.54) is 0 Å². The van der Waals surface area contributed by atoms with E-state index < -0.39 is 40.1 Å². The van der Waals surface area contributed by atoms with Crippen LogP contribution in [0.3, 0.4) is 0 Å². The number of alkyl halides is 7. The summed E-state index contributed by atoms with van der Waals surface area (Å²) in [6.07, 6.45) is -1.34. The number of hydrogen-bond donors (Lipinski definition) is 0. The van der Waals surface area contributed by atoms with Crippen molar-refractivity contribution in [3.8, 4) is 0 Å². The van der Waals surface area contributed by atoms with E-state index >= 15 is 0 Å². The summed E-state index contributed by atoms with van der Waals surface area (Å²) in [7, 11) is -13.4. The van der Waals surface area contributed by atoms with Gasteiger partial charge in [-0.3, -0.25) is 0 Å². The molecule has 0 aliphatic carbocycles. The molecule has 0 aliphatic heterocycles. The Kier molecular flexibility index (Phi) is 4.83. The van der Waals surface area contributed by atoms with Crippen LogP contribution < -0.4 is 0 Å². The summed E-state index contributed by atoms with van der Waals surface area (Å²) >= 11 is 1.57. The molecule has 0 saturated carbocycles. The smallest absolute Gasteiger partial charge is 0.217 e. The quantitative estimate of drug-likeness (QED) is 0.414. The highest BCUT2D eigenvalue weighted by atomic mass is 79.9. The molecule has 0 amide bonds. The summed E-state index contributed by atoms with van der Waals surface area (Å²) in [5.74, 6) is 0. The van der Waals surface area contributed by atoms with E-state index in [0.717, 1.165) is 0 Å². The molecule has 0 bridgehead atoms. The van der Waals surface area contributed by atoms with Crippen LogP contribution in [0.1, 0.15) is 6.42 Å². The third kappa shape index (κ3) is 2.77. The minimum Gasteiger partial charge on any atom is -0.217 e. The van der Waals surface area contributed by atoms with Gasteiger partial charge in [0.2, 0.25) is 2.99 Å². The fourth-order valence-electron chi connectivity index (χ4n) is 0.882. The molecule has 0 fully saturated rings. The third-order valence-electron chi connectivity index (χ3n) is 1.80. The predicted molar refractivity (Wildman–Crippen MR) is 56.4 cm³/mol. The minimum absolute atomic E-state index is 0.307. The molecule has 0 aromatic carbocycles. The molecule has 114 valence electrons. The molecule has 0 saturated heterocycles. The molecule has 0 aromatic heterocycles. The first-order chi connectivity index (χ1) is 8.06. The molecule has 0 rings (SSSR count). The van der Waals surface area contributed by atoms with Crippen molar-refractivity contribution in [2.75, 3.05) is 0 Å². The van der Waals surface area contributed by atoms with Crippen molar-refractivity contribution in [2.45, 2.75) is 20.4 Å². The van der Waals surface area contributed by atoms with E-state index in [-0.39, 0.29) is 0 Å². The lowest BCUT2D eigenvalue weighted by Gasteiger charge is -2.27. The lowest BCUT2D eigenvalue weighted by atomic mass is 10.5. The van der Waals surface area contributed by atoms with Crippen LogP contribution >= 0.6 is 15.9 Å². The third-order valence-corrected chi connectivity index (χ3v) is 9.15. The Morgan fingerprint density at radius 2 is 1.16 bits per heavy atom. The van der Waals surface area contributed by atoms with Crippen LogP contribution in [-0.4, -0.2) is 30.8 Å². The Labute approximate surface area is 112 Å². The summed E-state index contributed by atoms with van der Waals surface area (Å²) in [6, 6.07) is 0. The van der Waals surface area contributed by atoms with Crippen molar-refractivity contribution in [2.24, 2.45) is 0 Å². The zero-order valence-electron chi connectivity index (χ0n) is 8.59. The molecule has 0 spiro atoms. The molecule has 0 N–H and O–H groups in total. The Balaban J connectivity index is 6.48. The van der Waals surface area contributed by atoms with E-state index in [9.17, 15) is 43.2 Å². The van der Waals surface area contributed by atoms with Gasteiger partial charge in [0, 0.05) is 6.42 Å². The molecular weight excluding hydrogens is 394 g/mol. The van der Waals surface area contributed by atoms with Crippen molar-refractivity contribution in [3.63, 3.8) is 0 Å². The summed E-state index contributed by atoms with van der Waals surface area (Å²) in [5, 5.41) is 0. The zero-order chi connectivity index (χ0) is 15.9. The van der Waals surface area contributed by atoms with Gasteiger partial charge in [-0.1, -0.05) is 6.08 Å². The summed E-state index contributed by atoms with van der Waals surface area (Å²) in [6.45, 7) is 2.74. The van der Waals surface area contributed by atoms with Gasteiger partial charge in [-0.05, 0) is 15.9 Å². The number of hydrogen-bond acceptors (Lipinski definition) is 4. The second-order valence-corrected chi connectivity index (χ2v) is 10.0.